The van der Waals surface area contributed by atoms with Crippen LogP contribution in [-0.4, -0.2) is 63.4 Å². The molecule has 6 nitrogen and oxygen atoms in total. The van der Waals surface area contributed by atoms with Crippen molar-refractivity contribution in [1.29, 1.82) is 0 Å². The number of aliphatic imine (C=N–C) groups is 1. The van der Waals surface area contributed by atoms with Crippen molar-refractivity contribution < 1.29 is 9.47 Å². The van der Waals surface area contributed by atoms with Gasteiger partial charge in [-0.2, -0.15) is 0 Å². The quantitative estimate of drug-likeness (QED) is 0.373. The van der Waals surface area contributed by atoms with E-state index in [0.29, 0.717) is 6.54 Å². The number of guanidine groups is 1. The van der Waals surface area contributed by atoms with Crippen LogP contribution in [0.4, 0.5) is 0 Å². The number of ether oxygens (including phenoxy) is 2. The molecule has 1 unspecified atom stereocenters. The Morgan fingerprint density at radius 2 is 2.04 bits per heavy atom. The van der Waals surface area contributed by atoms with Gasteiger partial charge in [0.25, 0.3) is 0 Å². The number of hydrogen-bond donors (Lipinski definition) is 2. The summed E-state index contributed by atoms with van der Waals surface area (Å²) in [4.78, 5) is 6.86. The van der Waals surface area contributed by atoms with E-state index in [1.54, 1.807) is 0 Å². The lowest BCUT2D eigenvalue weighted by atomic mass is 10.0. The molecule has 27 heavy (non-hydrogen) atoms. The van der Waals surface area contributed by atoms with Gasteiger partial charge in [0.2, 0.25) is 0 Å². The molecule has 2 rings (SSSR count). The molecular formula is C21H36N4O2. The average molecular weight is 377 g/mol. The monoisotopic (exact) mass is 376 g/mol. The first-order valence-electron chi connectivity index (χ1n) is 10.0. The molecule has 6 heteroatoms. The lowest BCUT2D eigenvalue weighted by molar-refractivity contribution is 0.0243. The molecule has 1 aromatic rings. The fourth-order valence-electron chi connectivity index (χ4n) is 3.02. The van der Waals surface area contributed by atoms with E-state index in [-0.39, 0.29) is 5.60 Å². The van der Waals surface area contributed by atoms with Gasteiger partial charge in [-0.25, -0.2) is 4.99 Å². The molecule has 0 radical (unpaired) electrons. The van der Waals surface area contributed by atoms with Crippen molar-refractivity contribution in [2.45, 2.75) is 45.3 Å². The van der Waals surface area contributed by atoms with Crippen LogP contribution >= 0.6 is 0 Å². The van der Waals surface area contributed by atoms with Gasteiger partial charge in [0.05, 0.1) is 18.8 Å². The lowest BCUT2D eigenvalue weighted by Gasteiger charge is -2.24. The highest BCUT2D eigenvalue weighted by atomic mass is 16.5. The molecule has 0 aromatic heterocycles. The van der Waals surface area contributed by atoms with Crippen molar-refractivity contribution in [3.8, 4) is 5.75 Å². The second-order valence-corrected chi connectivity index (χ2v) is 7.60. The molecule has 1 heterocycles. The summed E-state index contributed by atoms with van der Waals surface area (Å²) in [5.74, 6) is 1.75. The third-order valence-electron chi connectivity index (χ3n) is 4.64. The highest BCUT2D eigenvalue weighted by Gasteiger charge is 2.29. The first kappa shape index (κ1) is 21.5. The van der Waals surface area contributed by atoms with E-state index in [0.717, 1.165) is 69.4 Å². The molecule has 1 aromatic carbocycles. The van der Waals surface area contributed by atoms with Gasteiger partial charge in [-0.1, -0.05) is 12.1 Å². The first-order valence-corrected chi connectivity index (χ1v) is 10.0. The SMILES string of the molecule is CCNC(=NCc1ccc(OCCCN(C)C)cc1)NCC1(C)CCCO1. The van der Waals surface area contributed by atoms with E-state index in [1.165, 1.54) is 0 Å². The summed E-state index contributed by atoms with van der Waals surface area (Å²) in [7, 11) is 4.15. The number of hydrogen-bond acceptors (Lipinski definition) is 4. The van der Waals surface area contributed by atoms with Gasteiger partial charge in [0, 0.05) is 26.2 Å². The van der Waals surface area contributed by atoms with Gasteiger partial charge >= 0.3 is 0 Å². The molecule has 0 aliphatic carbocycles. The van der Waals surface area contributed by atoms with Gasteiger partial charge in [0.1, 0.15) is 5.75 Å². The summed E-state index contributed by atoms with van der Waals surface area (Å²) in [6.45, 7) is 9.12. The minimum absolute atomic E-state index is 0.0816. The summed E-state index contributed by atoms with van der Waals surface area (Å²) in [5, 5.41) is 6.72. The Morgan fingerprint density at radius 3 is 2.67 bits per heavy atom. The molecule has 0 saturated carbocycles. The van der Waals surface area contributed by atoms with E-state index < -0.39 is 0 Å². The predicted octanol–water partition coefficient (Wildman–Crippen LogP) is 2.64. The Hall–Kier alpha value is -1.79. The number of nitrogens with zero attached hydrogens (tertiary/aromatic N) is 2. The van der Waals surface area contributed by atoms with Crippen LogP contribution in [-0.2, 0) is 11.3 Å². The van der Waals surface area contributed by atoms with E-state index >= 15 is 0 Å². The molecule has 1 atom stereocenters. The molecular weight excluding hydrogens is 340 g/mol. The zero-order valence-electron chi connectivity index (χ0n) is 17.4. The van der Waals surface area contributed by atoms with Crippen LogP contribution in [0.5, 0.6) is 5.75 Å². The van der Waals surface area contributed by atoms with Gasteiger partial charge in [-0.3, -0.25) is 0 Å². The molecule has 1 aliphatic heterocycles. The average Bonchev–Trinajstić information content (AvgIpc) is 3.09. The van der Waals surface area contributed by atoms with Crippen molar-refractivity contribution in [2.24, 2.45) is 4.99 Å². The van der Waals surface area contributed by atoms with Crippen LogP contribution < -0.4 is 15.4 Å². The predicted molar refractivity (Wildman–Crippen MR) is 112 cm³/mol. The Bertz CT molecular complexity index is 566. The van der Waals surface area contributed by atoms with Gasteiger partial charge in [-0.05, 0) is 64.9 Å². The third kappa shape index (κ3) is 8.18. The molecule has 1 saturated heterocycles. The third-order valence-corrected chi connectivity index (χ3v) is 4.64. The summed E-state index contributed by atoms with van der Waals surface area (Å²) >= 11 is 0. The molecule has 152 valence electrons. The van der Waals surface area contributed by atoms with Crippen LogP contribution in [0.15, 0.2) is 29.3 Å². The first-order chi connectivity index (χ1) is 13.0. The van der Waals surface area contributed by atoms with Gasteiger partial charge < -0.3 is 25.0 Å². The molecule has 0 bridgehead atoms. The zero-order valence-corrected chi connectivity index (χ0v) is 17.4. The Balaban J connectivity index is 1.80. The standard InChI is InChI=1S/C21H36N4O2/c1-5-22-20(24-17-21(2)12-6-15-27-21)23-16-18-8-10-19(11-9-18)26-14-7-13-25(3)4/h8-11H,5-7,12-17H2,1-4H3,(H2,22,23,24). The summed E-state index contributed by atoms with van der Waals surface area (Å²) < 4.78 is 11.6. The van der Waals surface area contributed by atoms with Crippen molar-refractivity contribution in [3.05, 3.63) is 29.8 Å². The summed E-state index contributed by atoms with van der Waals surface area (Å²) in [6.07, 6.45) is 3.25. The molecule has 0 spiro atoms. The normalized spacial score (nSPS) is 20.1. The van der Waals surface area contributed by atoms with Crippen LogP contribution in [0, 0.1) is 0 Å². The minimum Gasteiger partial charge on any atom is -0.494 e. The summed E-state index contributed by atoms with van der Waals surface area (Å²) in [5.41, 5.74) is 1.08. The van der Waals surface area contributed by atoms with E-state index in [4.69, 9.17) is 14.5 Å². The highest BCUT2D eigenvalue weighted by molar-refractivity contribution is 5.79. The van der Waals surface area contributed by atoms with Crippen LogP contribution in [0.3, 0.4) is 0 Å². The lowest BCUT2D eigenvalue weighted by Crippen LogP contribution is -2.45. The molecule has 2 N–H and O–H groups in total. The maximum Gasteiger partial charge on any atom is 0.191 e. The maximum absolute atomic E-state index is 5.84. The highest BCUT2D eigenvalue weighted by Crippen LogP contribution is 2.23. The fourth-order valence-corrected chi connectivity index (χ4v) is 3.02. The maximum atomic E-state index is 5.84. The Kier molecular flexibility index (Phi) is 8.88. The molecule has 1 aliphatic rings. The topological polar surface area (TPSA) is 58.1 Å². The van der Waals surface area contributed by atoms with Crippen molar-refractivity contribution >= 4 is 5.96 Å². The Labute approximate surface area is 164 Å². The minimum atomic E-state index is -0.0816. The number of nitrogens with one attached hydrogen (secondary N) is 2. The Morgan fingerprint density at radius 1 is 1.26 bits per heavy atom. The van der Waals surface area contributed by atoms with Crippen molar-refractivity contribution in [3.63, 3.8) is 0 Å². The fraction of sp³-hybridized carbons (Fsp3) is 0.667. The van der Waals surface area contributed by atoms with Crippen LogP contribution in [0.1, 0.15) is 38.7 Å². The van der Waals surface area contributed by atoms with Crippen LogP contribution in [0.2, 0.25) is 0 Å². The van der Waals surface area contributed by atoms with Crippen molar-refractivity contribution in [1.82, 2.24) is 15.5 Å². The van der Waals surface area contributed by atoms with Crippen LogP contribution in [0.25, 0.3) is 0 Å². The smallest absolute Gasteiger partial charge is 0.191 e. The largest absolute Gasteiger partial charge is 0.494 e. The number of rotatable bonds is 10. The second kappa shape index (κ2) is 11.1. The number of benzene rings is 1. The van der Waals surface area contributed by atoms with Gasteiger partial charge in [0.15, 0.2) is 5.96 Å². The van der Waals surface area contributed by atoms with E-state index in [9.17, 15) is 0 Å². The summed E-state index contributed by atoms with van der Waals surface area (Å²) in [6, 6.07) is 8.20. The second-order valence-electron chi connectivity index (χ2n) is 7.60. The van der Waals surface area contributed by atoms with E-state index in [2.05, 4.69) is 55.6 Å². The van der Waals surface area contributed by atoms with E-state index in [1.807, 2.05) is 12.1 Å². The molecule has 1 fully saturated rings. The molecule has 0 amide bonds. The zero-order chi connectivity index (χ0) is 19.5. The van der Waals surface area contributed by atoms with Gasteiger partial charge in [-0.15, -0.1) is 0 Å². The van der Waals surface area contributed by atoms with Crippen molar-refractivity contribution in [2.75, 3.05) is 46.9 Å².